The average molecular weight is 367 g/mol. The normalized spacial score (nSPS) is 11.8. The molecule has 7 heteroatoms. The van der Waals surface area contributed by atoms with Crippen LogP contribution < -0.4 is 9.57 Å². The van der Waals surface area contributed by atoms with E-state index in [2.05, 4.69) is 14.9 Å². The Morgan fingerprint density at radius 2 is 1.65 bits per heavy atom. The second-order valence-electron chi connectivity index (χ2n) is 5.31. The van der Waals surface area contributed by atoms with Crippen LogP contribution in [0.4, 0.5) is 0 Å². The van der Waals surface area contributed by atoms with Gasteiger partial charge in [0, 0.05) is 11.8 Å². The van der Waals surface area contributed by atoms with Crippen LogP contribution in [-0.4, -0.2) is 26.2 Å². The number of pyridine rings is 1. The third-order valence-electron chi connectivity index (χ3n) is 3.60. The van der Waals surface area contributed by atoms with Crippen LogP contribution in [0.15, 0.2) is 89.0 Å². The molecule has 0 aliphatic carbocycles. The van der Waals surface area contributed by atoms with Crippen LogP contribution >= 0.6 is 0 Å². The van der Waals surface area contributed by atoms with E-state index in [1.54, 1.807) is 30.5 Å². The van der Waals surface area contributed by atoms with Gasteiger partial charge in [0.25, 0.3) is 10.0 Å². The van der Waals surface area contributed by atoms with Gasteiger partial charge in [0.05, 0.1) is 17.7 Å². The quantitative estimate of drug-likeness (QED) is 0.537. The summed E-state index contributed by atoms with van der Waals surface area (Å²) in [5.41, 5.74) is 1.75. The molecule has 1 N–H and O–H groups in total. The molecule has 26 heavy (non-hydrogen) atoms. The van der Waals surface area contributed by atoms with Crippen molar-refractivity contribution in [1.82, 2.24) is 9.82 Å². The number of hydrogen-bond donors (Lipinski definition) is 1. The molecule has 132 valence electrons. The number of nitrogens with zero attached hydrogens (tertiary/aromatic N) is 2. The summed E-state index contributed by atoms with van der Waals surface area (Å²) < 4.78 is 30.1. The smallest absolute Gasteiger partial charge is 0.276 e. The molecule has 1 heterocycles. The largest absolute Gasteiger partial charge is 0.497 e. The monoisotopic (exact) mass is 367 g/mol. The number of hydrogen-bond acceptors (Lipinski definition) is 5. The Balaban J connectivity index is 1.95. The molecule has 6 nitrogen and oxygen atoms in total. The van der Waals surface area contributed by atoms with E-state index < -0.39 is 10.0 Å². The first-order valence-electron chi connectivity index (χ1n) is 7.80. The summed E-state index contributed by atoms with van der Waals surface area (Å²) in [5.74, 6) is 0.575. The number of aromatic nitrogens is 1. The fraction of sp³-hybridized carbons (Fsp3) is 0.0526. The first-order valence-corrected chi connectivity index (χ1v) is 9.29. The van der Waals surface area contributed by atoms with Crippen LogP contribution in [0.25, 0.3) is 0 Å². The highest BCUT2D eigenvalue weighted by Crippen LogP contribution is 2.16. The van der Waals surface area contributed by atoms with Gasteiger partial charge in [0.1, 0.15) is 11.5 Å². The summed E-state index contributed by atoms with van der Waals surface area (Å²) in [4.78, 5) is 6.65. The first-order chi connectivity index (χ1) is 12.6. The minimum Gasteiger partial charge on any atom is -0.497 e. The highest BCUT2D eigenvalue weighted by Gasteiger charge is 2.15. The summed E-state index contributed by atoms with van der Waals surface area (Å²) in [6.45, 7) is 0. The maximum absolute atomic E-state index is 12.5. The molecule has 1 aromatic heterocycles. The lowest BCUT2D eigenvalue weighted by atomic mass is 10.1. The maximum Gasteiger partial charge on any atom is 0.276 e. The molecule has 0 fully saturated rings. The summed E-state index contributed by atoms with van der Waals surface area (Å²) in [6, 6.07) is 20.7. The molecule has 0 saturated heterocycles. The molecule has 3 rings (SSSR count). The summed E-state index contributed by atoms with van der Waals surface area (Å²) in [6.07, 6.45) is 1.63. The van der Waals surface area contributed by atoms with Crippen molar-refractivity contribution in [2.75, 3.05) is 7.11 Å². The van der Waals surface area contributed by atoms with Gasteiger partial charge in [-0.15, -0.1) is 0 Å². The highest BCUT2D eigenvalue weighted by molar-refractivity contribution is 7.89. The zero-order chi connectivity index (χ0) is 18.4. The van der Waals surface area contributed by atoms with Crippen LogP contribution in [0, 0.1) is 0 Å². The van der Waals surface area contributed by atoms with Gasteiger partial charge in [-0.1, -0.05) is 36.4 Å². The minimum atomic E-state index is -3.82. The Bertz CT molecular complexity index is 946. The van der Waals surface area contributed by atoms with Gasteiger partial charge < -0.3 is 4.74 Å². The van der Waals surface area contributed by atoms with Crippen LogP contribution in [0.1, 0.15) is 11.3 Å². The molecule has 0 saturated carbocycles. The Morgan fingerprint density at radius 3 is 2.27 bits per heavy atom. The van der Waals surface area contributed by atoms with Crippen molar-refractivity contribution in [3.8, 4) is 5.75 Å². The molecule has 3 aromatic rings. The highest BCUT2D eigenvalue weighted by atomic mass is 32.2. The van der Waals surface area contributed by atoms with Crippen molar-refractivity contribution in [2.24, 2.45) is 5.10 Å². The number of ether oxygens (including phenoxy) is 1. The van der Waals surface area contributed by atoms with Gasteiger partial charge in [-0.2, -0.15) is 18.4 Å². The molecule has 0 radical (unpaired) electrons. The third-order valence-corrected chi connectivity index (χ3v) is 4.83. The van der Waals surface area contributed by atoms with Crippen molar-refractivity contribution >= 4 is 15.7 Å². The molecule has 0 aliphatic heterocycles. The van der Waals surface area contributed by atoms with E-state index in [0.717, 1.165) is 5.56 Å². The third kappa shape index (κ3) is 4.07. The molecule has 2 aromatic carbocycles. The lowest BCUT2D eigenvalue weighted by Crippen LogP contribution is -2.21. The zero-order valence-electron chi connectivity index (χ0n) is 14.0. The number of nitrogens with one attached hydrogen (secondary N) is 1. The van der Waals surface area contributed by atoms with Crippen LogP contribution in [0.3, 0.4) is 0 Å². The van der Waals surface area contributed by atoms with Crippen molar-refractivity contribution < 1.29 is 13.2 Å². The van der Waals surface area contributed by atoms with E-state index in [-0.39, 0.29) is 4.90 Å². The SMILES string of the molecule is COc1ccc(S(=O)(=O)N/N=C(/c2ccccc2)c2ccccn2)cc1. The van der Waals surface area contributed by atoms with Gasteiger partial charge in [-0.3, -0.25) is 4.98 Å². The van der Waals surface area contributed by atoms with Crippen molar-refractivity contribution in [3.63, 3.8) is 0 Å². The van der Waals surface area contributed by atoms with Gasteiger partial charge in [-0.25, -0.2) is 0 Å². The fourth-order valence-corrected chi connectivity index (χ4v) is 3.09. The number of sulfonamides is 1. The Labute approximate surface area is 152 Å². The Morgan fingerprint density at radius 1 is 0.962 bits per heavy atom. The second kappa shape index (κ2) is 7.79. The molecular formula is C19H17N3O3S. The number of benzene rings is 2. The lowest BCUT2D eigenvalue weighted by Gasteiger charge is -2.09. The van der Waals surface area contributed by atoms with Gasteiger partial charge in [0.2, 0.25) is 0 Å². The van der Waals surface area contributed by atoms with E-state index in [0.29, 0.717) is 17.2 Å². The second-order valence-corrected chi connectivity index (χ2v) is 6.97. The van der Waals surface area contributed by atoms with E-state index in [1.807, 2.05) is 36.4 Å². The first kappa shape index (κ1) is 17.6. The van der Waals surface area contributed by atoms with Crippen LogP contribution in [0.5, 0.6) is 5.75 Å². The molecule has 0 aliphatic rings. The molecule has 0 bridgehead atoms. The van der Waals surface area contributed by atoms with Crippen molar-refractivity contribution in [3.05, 3.63) is 90.3 Å². The van der Waals surface area contributed by atoms with Gasteiger partial charge >= 0.3 is 0 Å². The van der Waals surface area contributed by atoms with Crippen molar-refractivity contribution in [2.45, 2.75) is 4.90 Å². The van der Waals surface area contributed by atoms with Gasteiger partial charge in [0.15, 0.2) is 0 Å². The molecular weight excluding hydrogens is 350 g/mol. The number of hydrazone groups is 1. The lowest BCUT2D eigenvalue weighted by molar-refractivity contribution is 0.414. The number of methoxy groups -OCH3 is 1. The Hall–Kier alpha value is -3.19. The van der Waals surface area contributed by atoms with Crippen LogP contribution in [0.2, 0.25) is 0 Å². The molecule has 0 spiro atoms. The topological polar surface area (TPSA) is 80.7 Å². The van der Waals surface area contributed by atoms with Gasteiger partial charge in [-0.05, 0) is 36.4 Å². The summed E-state index contributed by atoms with van der Waals surface area (Å²) in [5, 5.41) is 4.14. The average Bonchev–Trinajstić information content (AvgIpc) is 2.70. The Kier molecular flexibility index (Phi) is 5.28. The van der Waals surface area contributed by atoms with Crippen molar-refractivity contribution in [1.29, 1.82) is 0 Å². The minimum absolute atomic E-state index is 0.0930. The molecule has 0 unspecified atom stereocenters. The van der Waals surface area contributed by atoms with E-state index in [4.69, 9.17) is 4.74 Å². The maximum atomic E-state index is 12.5. The van der Waals surface area contributed by atoms with Crippen LogP contribution in [-0.2, 0) is 10.0 Å². The predicted molar refractivity (Wildman–Crippen MR) is 99.6 cm³/mol. The van der Waals surface area contributed by atoms with E-state index in [9.17, 15) is 8.42 Å². The summed E-state index contributed by atoms with van der Waals surface area (Å²) >= 11 is 0. The standard InChI is InChI=1S/C19H17N3O3S/c1-25-16-10-12-17(13-11-16)26(23,24)22-21-19(15-7-3-2-4-8-15)18-9-5-6-14-20-18/h2-14,22H,1H3/b21-19-. The number of rotatable bonds is 6. The molecule has 0 amide bonds. The van der Waals surface area contributed by atoms with E-state index >= 15 is 0 Å². The zero-order valence-corrected chi connectivity index (χ0v) is 14.8. The fourth-order valence-electron chi connectivity index (χ4n) is 2.28. The van der Waals surface area contributed by atoms with E-state index in [1.165, 1.54) is 19.2 Å². The molecule has 0 atom stereocenters. The predicted octanol–water partition coefficient (Wildman–Crippen LogP) is 2.82. The summed E-state index contributed by atoms with van der Waals surface area (Å²) in [7, 11) is -2.30.